The van der Waals surface area contributed by atoms with Crippen molar-refractivity contribution in [3.05, 3.63) is 0 Å². The van der Waals surface area contributed by atoms with E-state index in [1.165, 1.54) is 19.3 Å². The smallest absolute Gasteiger partial charge is 0.223 e. The summed E-state index contributed by atoms with van der Waals surface area (Å²) in [6.07, 6.45) is 5.52. The molecule has 5 unspecified atom stereocenters. The number of likely N-dealkylation sites (tertiary alicyclic amines) is 1. The molecule has 3 fully saturated rings. The number of nitrogens with two attached hydrogens (primary N) is 2. The molecule has 2 bridgehead atoms. The van der Waals surface area contributed by atoms with Crippen molar-refractivity contribution >= 4 is 17.7 Å². The van der Waals surface area contributed by atoms with Gasteiger partial charge in [0.05, 0.1) is 11.8 Å². The minimum atomic E-state index is -0.633. The highest BCUT2D eigenvalue weighted by atomic mass is 16.2. The van der Waals surface area contributed by atoms with E-state index in [2.05, 4.69) is 0 Å². The average molecular weight is 293 g/mol. The normalized spacial score (nSPS) is 37.9. The number of hydrogen-bond donors (Lipinski definition) is 2. The van der Waals surface area contributed by atoms with Crippen LogP contribution in [0.3, 0.4) is 0 Å². The lowest BCUT2D eigenvalue weighted by Crippen LogP contribution is -2.36. The molecule has 21 heavy (non-hydrogen) atoms. The minimum Gasteiger partial charge on any atom is -0.369 e. The first kappa shape index (κ1) is 14.4. The first-order valence-corrected chi connectivity index (χ1v) is 7.82. The summed E-state index contributed by atoms with van der Waals surface area (Å²) in [4.78, 5) is 36.9. The van der Waals surface area contributed by atoms with Gasteiger partial charge in [0.15, 0.2) is 0 Å². The lowest BCUT2D eigenvalue weighted by molar-refractivity contribution is -0.132. The monoisotopic (exact) mass is 293 g/mol. The average Bonchev–Trinajstić information content (AvgIpc) is 3.12. The Morgan fingerprint density at radius 2 is 1.57 bits per heavy atom. The van der Waals surface area contributed by atoms with Crippen LogP contribution in [0.2, 0.25) is 0 Å². The Balaban J connectivity index is 1.60. The summed E-state index contributed by atoms with van der Waals surface area (Å²) in [5.41, 5.74) is 10.6. The third kappa shape index (κ3) is 2.63. The summed E-state index contributed by atoms with van der Waals surface area (Å²) >= 11 is 0. The Hall–Kier alpha value is -1.59. The van der Waals surface area contributed by atoms with Gasteiger partial charge >= 0.3 is 0 Å². The maximum atomic E-state index is 12.4. The first-order chi connectivity index (χ1) is 9.95. The van der Waals surface area contributed by atoms with Gasteiger partial charge in [0, 0.05) is 19.5 Å². The molecule has 0 aromatic carbocycles. The Morgan fingerprint density at radius 3 is 2.00 bits per heavy atom. The van der Waals surface area contributed by atoms with Crippen LogP contribution >= 0.6 is 0 Å². The third-order valence-corrected chi connectivity index (χ3v) is 5.72. The molecule has 0 radical (unpaired) electrons. The Morgan fingerprint density at radius 1 is 0.952 bits per heavy atom. The highest BCUT2D eigenvalue weighted by molar-refractivity contribution is 5.89. The predicted molar refractivity (Wildman–Crippen MR) is 75.5 cm³/mol. The number of fused-ring (bicyclic) bond motifs is 2. The standard InChI is InChI=1S/C15H23N3O3/c16-14(20)11-6-18(7-12(11)15(17)21)13(19)5-10-4-8-1-2-9(10)3-8/h8-12H,1-7H2,(H2,16,20)(H2,17,21). The van der Waals surface area contributed by atoms with Crippen molar-refractivity contribution < 1.29 is 14.4 Å². The molecule has 1 heterocycles. The second kappa shape index (κ2) is 5.31. The number of amides is 3. The molecule has 4 N–H and O–H groups in total. The molecule has 0 spiro atoms. The van der Waals surface area contributed by atoms with Crippen LogP contribution in [0.1, 0.15) is 32.1 Å². The van der Waals surface area contributed by atoms with Crippen LogP contribution in [0.4, 0.5) is 0 Å². The van der Waals surface area contributed by atoms with Crippen molar-refractivity contribution in [1.82, 2.24) is 4.90 Å². The maximum absolute atomic E-state index is 12.4. The fraction of sp³-hybridized carbons (Fsp3) is 0.800. The fourth-order valence-corrected chi connectivity index (χ4v) is 4.56. The fourth-order valence-electron chi connectivity index (χ4n) is 4.56. The van der Waals surface area contributed by atoms with E-state index < -0.39 is 23.7 Å². The van der Waals surface area contributed by atoms with Crippen molar-refractivity contribution in [3.8, 4) is 0 Å². The maximum Gasteiger partial charge on any atom is 0.223 e. The molecule has 5 atom stereocenters. The van der Waals surface area contributed by atoms with Gasteiger partial charge in [-0.25, -0.2) is 0 Å². The number of primary amides is 2. The van der Waals surface area contributed by atoms with Gasteiger partial charge < -0.3 is 16.4 Å². The van der Waals surface area contributed by atoms with Crippen molar-refractivity contribution in [3.63, 3.8) is 0 Å². The molecule has 3 aliphatic rings. The van der Waals surface area contributed by atoms with Gasteiger partial charge in [-0.2, -0.15) is 0 Å². The van der Waals surface area contributed by atoms with Gasteiger partial charge in [-0.1, -0.05) is 6.42 Å². The van der Waals surface area contributed by atoms with E-state index in [1.54, 1.807) is 4.90 Å². The molecule has 3 rings (SSSR count). The summed E-state index contributed by atoms with van der Waals surface area (Å²) in [7, 11) is 0. The van der Waals surface area contributed by atoms with Crippen LogP contribution in [0.25, 0.3) is 0 Å². The third-order valence-electron chi connectivity index (χ3n) is 5.72. The van der Waals surface area contributed by atoms with Crippen LogP contribution in [0, 0.1) is 29.6 Å². The molecule has 6 heteroatoms. The van der Waals surface area contributed by atoms with E-state index >= 15 is 0 Å². The minimum absolute atomic E-state index is 0.0440. The second-order valence-corrected chi connectivity index (χ2v) is 6.96. The van der Waals surface area contributed by atoms with Gasteiger partial charge in [0.2, 0.25) is 17.7 Å². The predicted octanol–water partition coefficient (Wildman–Crippen LogP) is -0.142. The van der Waals surface area contributed by atoms with Gasteiger partial charge in [-0.3, -0.25) is 14.4 Å². The SMILES string of the molecule is NC(=O)C1CN(C(=O)CC2CC3CCC2C3)CC1C(N)=O. The topological polar surface area (TPSA) is 106 Å². The lowest BCUT2D eigenvalue weighted by atomic mass is 9.86. The summed E-state index contributed by atoms with van der Waals surface area (Å²) in [5, 5.41) is 0. The van der Waals surface area contributed by atoms with Crippen molar-refractivity contribution in [2.75, 3.05) is 13.1 Å². The van der Waals surface area contributed by atoms with Gasteiger partial charge in [0.1, 0.15) is 0 Å². The number of nitrogens with zero attached hydrogens (tertiary/aromatic N) is 1. The molecule has 6 nitrogen and oxygen atoms in total. The molecular formula is C15H23N3O3. The number of rotatable bonds is 4. The largest absolute Gasteiger partial charge is 0.369 e. The Bertz CT molecular complexity index is 457. The van der Waals surface area contributed by atoms with E-state index in [-0.39, 0.29) is 19.0 Å². The van der Waals surface area contributed by atoms with E-state index in [1.807, 2.05) is 0 Å². The van der Waals surface area contributed by atoms with Crippen LogP contribution in [0.15, 0.2) is 0 Å². The molecule has 2 aliphatic carbocycles. The van der Waals surface area contributed by atoms with Crippen molar-refractivity contribution in [2.24, 2.45) is 41.1 Å². The van der Waals surface area contributed by atoms with E-state index in [0.717, 1.165) is 12.3 Å². The zero-order valence-corrected chi connectivity index (χ0v) is 12.2. The van der Waals surface area contributed by atoms with E-state index in [4.69, 9.17) is 11.5 Å². The zero-order chi connectivity index (χ0) is 15.1. The van der Waals surface area contributed by atoms with Gasteiger partial charge in [0.25, 0.3) is 0 Å². The quantitative estimate of drug-likeness (QED) is 0.753. The second-order valence-electron chi connectivity index (χ2n) is 6.96. The Kier molecular flexibility index (Phi) is 3.63. The molecule has 116 valence electrons. The van der Waals surface area contributed by atoms with Crippen LogP contribution < -0.4 is 11.5 Å². The van der Waals surface area contributed by atoms with Gasteiger partial charge in [-0.15, -0.1) is 0 Å². The van der Waals surface area contributed by atoms with Crippen molar-refractivity contribution in [1.29, 1.82) is 0 Å². The lowest BCUT2D eigenvalue weighted by Gasteiger charge is -2.24. The number of carbonyl (C=O) groups excluding carboxylic acids is 3. The molecule has 0 aromatic rings. The number of hydrogen-bond acceptors (Lipinski definition) is 3. The molecule has 2 saturated carbocycles. The summed E-state index contributed by atoms with van der Waals surface area (Å²) in [6.45, 7) is 0.477. The summed E-state index contributed by atoms with van der Waals surface area (Å²) in [5.74, 6) is -0.331. The van der Waals surface area contributed by atoms with E-state index in [0.29, 0.717) is 18.3 Å². The molecule has 1 saturated heterocycles. The van der Waals surface area contributed by atoms with Crippen LogP contribution in [-0.4, -0.2) is 35.7 Å². The van der Waals surface area contributed by atoms with Gasteiger partial charge in [-0.05, 0) is 37.0 Å². The summed E-state index contributed by atoms with van der Waals surface area (Å²) in [6, 6.07) is 0. The zero-order valence-electron chi connectivity index (χ0n) is 12.2. The first-order valence-electron chi connectivity index (χ1n) is 7.82. The van der Waals surface area contributed by atoms with E-state index in [9.17, 15) is 14.4 Å². The van der Waals surface area contributed by atoms with Crippen LogP contribution in [0.5, 0.6) is 0 Å². The molecule has 3 amide bonds. The molecule has 0 aromatic heterocycles. The highest BCUT2D eigenvalue weighted by Gasteiger charge is 2.44. The van der Waals surface area contributed by atoms with Crippen molar-refractivity contribution in [2.45, 2.75) is 32.1 Å². The Labute approximate surface area is 124 Å². The highest BCUT2D eigenvalue weighted by Crippen LogP contribution is 2.49. The molecule has 1 aliphatic heterocycles. The summed E-state index contributed by atoms with van der Waals surface area (Å²) < 4.78 is 0. The molecular weight excluding hydrogens is 270 g/mol. The van der Waals surface area contributed by atoms with Crippen LogP contribution in [-0.2, 0) is 14.4 Å². The number of carbonyl (C=O) groups is 3.